The van der Waals surface area contributed by atoms with Crippen molar-refractivity contribution in [2.45, 2.75) is 24.1 Å². The van der Waals surface area contributed by atoms with Gasteiger partial charge in [-0.1, -0.05) is 0 Å². The van der Waals surface area contributed by atoms with Crippen LogP contribution in [0.5, 0.6) is 0 Å². The summed E-state index contributed by atoms with van der Waals surface area (Å²) in [6.07, 6.45) is -12.9. The Morgan fingerprint density at radius 1 is 0.733 bits per heavy atom. The predicted octanol–water partition coefficient (Wildman–Crippen LogP) is 3.03. The lowest BCUT2D eigenvalue weighted by Crippen LogP contribution is -2.48. The van der Waals surface area contributed by atoms with Crippen LogP contribution in [0.2, 0.25) is 0 Å². The molecule has 0 fully saturated rings. The summed E-state index contributed by atoms with van der Waals surface area (Å²) in [5, 5.41) is 0. The fourth-order valence-electron chi connectivity index (χ4n) is 0.803. The maximum Gasteiger partial charge on any atom is 0.452 e. The fourth-order valence-corrected chi connectivity index (χ4v) is 0.803. The molecule has 15 heavy (non-hydrogen) atoms. The van der Waals surface area contributed by atoms with Crippen LogP contribution in [-0.2, 0) is 4.74 Å². The Labute approximate surface area is 77.3 Å². The molecule has 1 aliphatic heterocycles. The van der Waals surface area contributed by atoms with Crippen LogP contribution in [0.3, 0.4) is 0 Å². The van der Waals surface area contributed by atoms with E-state index in [-0.39, 0.29) is 0 Å². The van der Waals surface area contributed by atoms with E-state index in [4.69, 9.17) is 0 Å². The molecule has 0 saturated heterocycles. The highest BCUT2D eigenvalue weighted by atomic mass is 19.4. The van der Waals surface area contributed by atoms with Gasteiger partial charge in [-0.15, -0.1) is 0 Å². The minimum atomic E-state index is -5.78. The van der Waals surface area contributed by atoms with Gasteiger partial charge in [-0.25, -0.2) is 0 Å². The van der Waals surface area contributed by atoms with Crippen molar-refractivity contribution in [3.8, 4) is 0 Å². The summed E-state index contributed by atoms with van der Waals surface area (Å²) in [7, 11) is 0. The van der Waals surface area contributed by atoms with Gasteiger partial charge in [-0.05, 0) is 12.2 Å². The molecule has 1 nitrogen and oxygen atoms in total. The van der Waals surface area contributed by atoms with E-state index < -0.39 is 36.2 Å². The molecular formula is C6H2F8O. The number of alkyl halides is 8. The second-order valence-corrected chi connectivity index (χ2v) is 2.72. The normalized spacial score (nSPS) is 37.3. The zero-order valence-electron chi connectivity index (χ0n) is 6.59. The Kier molecular flexibility index (Phi) is 2.31. The number of rotatable bonds is 0. The van der Waals surface area contributed by atoms with Gasteiger partial charge in [-0.3, -0.25) is 4.74 Å². The van der Waals surface area contributed by atoms with Crippen LogP contribution in [0, 0.1) is 0 Å². The fraction of sp³-hybridized carbons (Fsp3) is 0.667. The molecule has 9 heteroatoms. The van der Waals surface area contributed by atoms with Crippen molar-refractivity contribution in [3.63, 3.8) is 0 Å². The Morgan fingerprint density at radius 2 is 1.00 bits per heavy atom. The Morgan fingerprint density at radius 3 is 1.13 bits per heavy atom. The largest absolute Gasteiger partial charge is 0.452 e. The predicted molar refractivity (Wildman–Crippen MR) is 30.0 cm³/mol. The average molecular weight is 242 g/mol. The van der Waals surface area contributed by atoms with Gasteiger partial charge in [0.2, 0.25) is 0 Å². The molecule has 0 aromatic heterocycles. The number of halogens is 8. The van der Waals surface area contributed by atoms with Crippen LogP contribution in [0.4, 0.5) is 35.1 Å². The number of hydrogen-bond donors (Lipinski definition) is 0. The monoisotopic (exact) mass is 242 g/mol. The maximum absolute atomic E-state index is 12.7. The minimum Gasteiger partial charge on any atom is -0.287 e. The van der Waals surface area contributed by atoms with Gasteiger partial charge in [0.1, 0.15) is 0 Å². The Balaban J connectivity index is 3.00. The summed E-state index contributed by atoms with van der Waals surface area (Å²) in [5.74, 6) is -9.51. The summed E-state index contributed by atoms with van der Waals surface area (Å²) in [5.41, 5.74) is 0. The smallest absolute Gasteiger partial charge is 0.287 e. The number of hydrogen-bond acceptors (Lipinski definition) is 1. The minimum absolute atomic E-state index is 0.652. The number of ether oxygens (including phenoxy) is 1. The van der Waals surface area contributed by atoms with Gasteiger partial charge < -0.3 is 0 Å². The van der Waals surface area contributed by atoms with Crippen LogP contribution in [0.15, 0.2) is 12.2 Å². The summed E-state index contributed by atoms with van der Waals surface area (Å²) in [4.78, 5) is 0. The van der Waals surface area contributed by atoms with Crippen LogP contribution in [0.1, 0.15) is 0 Å². The standard InChI is InChI=1S/C6H2F8O/c7-3(5(9,10)11)1-2-4(8,15-3)6(12,13)14/h1-2H. The first kappa shape index (κ1) is 12.2. The second kappa shape index (κ2) is 2.83. The second-order valence-electron chi connectivity index (χ2n) is 2.72. The highest BCUT2D eigenvalue weighted by molar-refractivity contribution is 5.15. The SMILES string of the molecule is FC(F)(F)C1(F)C=CC(F)(C(F)(F)F)O1. The van der Waals surface area contributed by atoms with Crippen molar-refractivity contribution < 1.29 is 39.9 Å². The van der Waals surface area contributed by atoms with E-state index in [0.29, 0.717) is 0 Å². The lowest BCUT2D eigenvalue weighted by atomic mass is 10.2. The van der Waals surface area contributed by atoms with E-state index in [2.05, 4.69) is 4.74 Å². The molecule has 0 radical (unpaired) electrons. The summed E-state index contributed by atoms with van der Waals surface area (Å²) >= 11 is 0. The van der Waals surface area contributed by atoms with Crippen LogP contribution in [-0.4, -0.2) is 24.1 Å². The molecule has 0 spiro atoms. The van der Waals surface area contributed by atoms with Gasteiger partial charge in [0.25, 0.3) is 0 Å². The molecule has 0 N–H and O–H groups in total. The maximum atomic E-state index is 12.7. The Hall–Kier alpha value is -0.860. The zero-order valence-corrected chi connectivity index (χ0v) is 6.59. The molecule has 1 aliphatic rings. The molecule has 0 aromatic carbocycles. The van der Waals surface area contributed by atoms with Gasteiger partial charge in [0, 0.05) is 0 Å². The van der Waals surface area contributed by atoms with Gasteiger partial charge in [-0.2, -0.15) is 35.1 Å². The molecule has 0 saturated carbocycles. The third-order valence-electron chi connectivity index (χ3n) is 1.58. The van der Waals surface area contributed by atoms with Gasteiger partial charge in [0.15, 0.2) is 0 Å². The van der Waals surface area contributed by atoms with Gasteiger partial charge >= 0.3 is 24.1 Å². The first-order chi connectivity index (χ1) is 6.41. The average Bonchev–Trinajstić information content (AvgIpc) is 2.26. The van der Waals surface area contributed by atoms with Crippen molar-refractivity contribution in [1.82, 2.24) is 0 Å². The molecule has 0 aromatic rings. The third-order valence-corrected chi connectivity index (χ3v) is 1.58. The summed E-state index contributed by atoms with van der Waals surface area (Å²) in [6.45, 7) is 0. The molecule has 88 valence electrons. The van der Waals surface area contributed by atoms with E-state index in [1.165, 1.54) is 0 Å². The topological polar surface area (TPSA) is 9.23 Å². The lowest BCUT2D eigenvalue weighted by molar-refractivity contribution is -0.392. The van der Waals surface area contributed by atoms with E-state index in [9.17, 15) is 35.1 Å². The quantitative estimate of drug-likeness (QED) is 0.468. The summed E-state index contributed by atoms with van der Waals surface area (Å²) in [6, 6.07) is 0. The van der Waals surface area contributed by atoms with E-state index in [0.717, 1.165) is 0 Å². The van der Waals surface area contributed by atoms with E-state index in [1.54, 1.807) is 0 Å². The van der Waals surface area contributed by atoms with Crippen molar-refractivity contribution in [3.05, 3.63) is 12.2 Å². The molecule has 0 amide bonds. The summed E-state index contributed by atoms with van der Waals surface area (Å²) < 4.78 is 98.9. The van der Waals surface area contributed by atoms with Crippen LogP contribution >= 0.6 is 0 Å². The molecule has 0 aliphatic carbocycles. The van der Waals surface area contributed by atoms with Crippen LogP contribution < -0.4 is 0 Å². The zero-order chi connectivity index (χ0) is 12.1. The molecule has 1 heterocycles. The van der Waals surface area contributed by atoms with Gasteiger partial charge in [0.05, 0.1) is 0 Å². The lowest BCUT2D eigenvalue weighted by Gasteiger charge is -2.27. The highest BCUT2D eigenvalue weighted by Gasteiger charge is 2.70. The van der Waals surface area contributed by atoms with Crippen molar-refractivity contribution in [2.75, 3.05) is 0 Å². The molecule has 1 rings (SSSR count). The molecule has 0 bridgehead atoms. The van der Waals surface area contributed by atoms with Crippen molar-refractivity contribution in [2.24, 2.45) is 0 Å². The molecular weight excluding hydrogens is 240 g/mol. The Bertz CT molecular complexity index is 262. The van der Waals surface area contributed by atoms with E-state index >= 15 is 0 Å². The van der Waals surface area contributed by atoms with Crippen molar-refractivity contribution in [1.29, 1.82) is 0 Å². The van der Waals surface area contributed by atoms with Crippen molar-refractivity contribution >= 4 is 0 Å². The third kappa shape index (κ3) is 1.80. The molecule has 2 atom stereocenters. The van der Waals surface area contributed by atoms with Crippen LogP contribution in [0.25, 0.3) is 0 Å². The first-order valence-electron chi connectivity index (χ1n) is 3.33. The highest BCUT2D eigenvalue weighted by Crippen LogP contribution is 2.50. The first-order valence-corrected chi connectivity index (χ1v) is 3.33. The molecule has 2 unspecified atom stereocenters. The van der Waals surface area contributed by atoms with E-state index in [1.807, 2.05) is 0 Å².